The monoisotopic (exact) mass is 380 g/mol. The van der Waals surface area contributed by atoms with E-state index in [2.05, 4.69) is 34.0 Å². The Morgan fingerprint density at radius 3 is 2.76 bits per heavy atom. The standard InChI is InChI=1S/C17H24N4O2S2/c1-11(2)9-21-13(4)12(3)19-17(21)25-10-15(22)20-16(23)18-8-14-6-5-7-24-14/h5-7,11H,8-10H2,1-4H3,(H2,18,20,22,23). The van der Waals surface area contributed by atoms with Crippen molar-refractivity contribution in [1.29, 1.82) is 0 Å². The maximum Gasteiger partial charge on any atom is 0.321 e. The Bertz CT molecular complexity index is 723. The van der Waals surface area contributed by atoms with E-state index < -0.39 is 6.03 Å². The molecule has 2 heterocycles. The van der Waals surface area contributed by atoms with Gasteiger partial charge in [-0.15, -0.1) is 11.3 Å². The molecule has 2 aromatic rings. The third-order valence-electron chi connectivity index (χ3n) is 3.56. The number of nitrogens with zero attached hydrogens (tertiary/aromatic N) is 2. The molecular weight excluding hydrogens is 356 g/mol. The van der Waals surface area contributed by atoms with Gasteiger partial charge in [0.2, 0.25) is 5.91 Å². The zero-order chi connectivity index (χ0) is 18.4. The van der Waals surface area contributed by atoms with E-state index in [4.69, 9.17) is 0 Å². The van der Waals surface area contributed by atoms with E-state index in [1.807, 2.05) is 31.4 Å². The number of carbonyl (C=O) groups excluding carboxylic acids is 2. The van der Waals surface area contributed by atoms with Gasteiger partial charge in [-0.1, -0.05) is 31.7 Å². The molecule has 0 bridgehead atoms. The van der Waals surface area contributed by atoms with Gasteiger partial charge in [0.25, 0.3) is 0 Å². The Balaban J connectivity index is 1.83. The first-order chi connectivity index (χ1) is 11.9. The Labute approximate surface area is 156 Å². The van der Waals surface area contributed by atoms with Gasteiger partial charge >= 0.3 is 6.03 Å². The topological polar surface area (TPSA) is 76.0 Å². The van der Waals surface area contributed by atoms with E-state index in [0.29, 0.717) is 12.5 Å². The SMILES string of the molecule is Cc1nc(SCC(=O)NC(=O)NCc2cccs2)n(CC(C)C)c1C. The second kappa shape index (κ2) is 9.05. The number of imide groups is 1. The average molecular weight is 381 g/mol. The number of imidazole rings is 1. The number of nitrogens with one attached hydrogen (secondary N) is 2. The zero-order valence-electron chi connectivity index (χ0n) is 15.0. The minimum Gasteiger partial charge on any atom is -0.333 e. The Hall–Kier alpha value is -1.80. The van der Waals surface area contributed by atoms with Gasteiger partial charge in [0.05, 0.1) is 18.0 Å². The van der Waals surface area contributed by atoms with Gasteiger partial charge in [-0.25, -0.2) is 9.78 Å². The minimum absolute atomic E-state index is 0.153. The molecule has 25 heavy (non-hydrogen) atoms. The van der Waals surface area contributed by atoms with Gasteiger partial charge in [0, 0.05) is 17.1 Å². The summed E-state index contributed by atoms with van der Waals surface area (Å²) in [4.78, 5) is 29.3. The predicted octanol–water partition coefficient (Wildman–Crippen LogP) is 3.34. The lowest BCUT2D eigenvalue weighted by Gasteiger charge is -2.12. The van der Waals surface area contributed by atoms with Crippen LogP contribution in [0.3, 0.4) is 0 Å². The number of aromatic nitrogens is 2. The van der Waals surface area contributed by atoms with Crippen molar-refractivity contribution in [3.05, 3.63) is 33.8 Å². The van der Waals surface area contributed by atoms with E-state index in [1.165, 1.54) is 11.8 Å². The molecule has 0 aromatic carbocycles. The highest BCUT2D eigenvalue weighted by Crippen LogP contribution is 2.22. The number of thioether (sulfide) groups is 1. The fourth-order valence-corrected chi connectivity index (χ4v) is 3.78. The normalized spacial score (nSPS) is 10.9. The molecular formula is C17H24N4O2S2. The number of carbonyl (C=O) groups is 2. The Kier molecular flexibility index (Phi) is 7.07. The van der Waals surface area contributed by atoms with Gasteiger partial charge in [-0.2, -0.15) is 0 Å². The molecule has 0 saturated carbocycles. The molecule has 2 N–H and O–H groups in total. The molecule has 0 atom stereocenters. The highest BCUT2D eigenvalue weighted by Gasteiger charge is 2.15. The van der Waals surface area contributed by atoms with E-state index in [-0.39, 0.29) is 11.7 Å². The van der Waals surface area contributed by atoms with Crippen LogP contribution >= 0.6 is 23.1 Å². The van der Waals surface area contributed by atoms with Crippen LogP contribution in [-0.4, -0.2) is 27.2 Å². The maximum absolute atomic E-state index is 12.0. The summed E-state index contributed by atoms with van der Waals surface area (Å²) >= 11 is 2.91. The molecule has 2 aromatic heterocycles. The van der Waals surface area contributed by atoms with Gasteiger partial charge in [-0.3, -0.25) is 10.1 Å². The van der Waals surface area contributed by atoms with Crippen LogP contribution in [0.4, 0.5) is 4.79 Å². The summed E-state index contributed by atoms with van der Waals surface area (Å²) in [6, 6.07) is 3.38. The molecule has 0 spiro atoms. The molecule has 8 heteroatoms. The molecule has 3 amide bonds. The van der Waals surface area contributed by atoms with E-state index >= 15 is 0 Å². The number of urea groups is 1. The van der Waals surface area contributed by atoms with Crippen LogP contribution < -0.4 is 10.6 Å². The van der Waals surface area contributed by atoms with E-state index in [9.17, 15) is 9.59 Å². The second-order valence-electron chi connectivity index (χ2n) is 6.17. The number of hydrogen-bond donors (Lipinski definition) is 2. The predicted molar refractivity (Wildman–Crippen MR) is 102 cm³/mol. The van der Waals surface area contributed by atoms with Crippen molar-refractivity contribution in [1.82, 2.24) is 20.2 Å². The lowest BCUT2D eigenvalue weighted by Crippen LogP contribution is -2.39. The molecule has 2 rings (SSSR count). The number of amides is 3. The summed E-state index contributed by atoms with van der Waals surface area (Å²) in [7, 11) is 0. The Morgan fingerprint density at radius 1 is 1.36 bits per heavy atom. The minimum atomic E-state index is -0.475. The van der Waals surface area contributed by atoms with Crippen molar-refractivity contribution in [3.63, 3.8) is 0 Å². The van der Waals surface area contributed by atoms with Gasteiger partial charge in [-0.05, 0) is 31.2 Å². The van der Waals surface area contributed by atoms with Gasteiger partial charge < -0.3 is 9.88 Å². The number of hydrogen-bond acceptors (Lipinski definition) is 5. The molecule has 0 saturated heterocycles. The van der Waals surface area contributed by atoms with Crippen molar-refractivity contribution in [2.75, 3.05) is 5.75 Å². The summed E-state index contributed by atoms with van der Waals surface area (Å²) in [6.45, 7) is 9.57. The first-order valence-electron chi connectivity index (χ1n) is 8.13. The maximum atomic E-state index is 12.0. The molecule has 136 valence electrons. The lowest BCUT2D eigenvalue weighted by molar-refractivity contribution is -0.117. The first kappa shape index (κ1) is 19.5. The van der Waals surface area contributed by atoms with Crippen LogP contribution in [0, 0.1) is 19.8 Å². The quantitative estimate of drug-likeness (QED) is 0.723. The lowest BCUT2D eigenvalue weighted by atomic mass is 10.2. The van der Waals surface area contributed by atoms with Crippen LogP contribution in [0.1, 0.15) is 30.1 Å². The summed E-state index contributed by atoms with van der Waals surface area (Å²) in [5.74, 6) is 0.312. The highest BCUT2D eigenvalue weighted by molar-refractivity contribution is 7.99. The Morgan fingerprint density at radius 2 is 2.12 bits per heavy atom. The fraction of sp³-hybridized carbons (Fsp3) is 0.471. The largest absolute Gasteiger partial charge is 0.333 e. The molecule has 0 aliphatic heterocycles. The third-order valence-corrected chi connectivity index (χ3v) is 5.41. The van der Waals surface area contributed by atoms with Crippen LogP contribution in [0.15, 0.2) is 22.7 Å². The summed E-state index contributed by atoms with van der Waals surface area (Å²) in [5, 5.41) is 7.79. The smallest absolute Gasteiger partial charge is 0.321 e. The van der Waals surface area contributed by atoms with Crippen molar-refractivity contribution in [3.8, 4) is 0 Å². The van der Waals surface area contributed by atoms with E-state index in [1.54, 1.807) is 11.3 Å². The van der Waals surface area contributed by atoms with Crippen molar-refractivity contribution in [2.45, 2.75) is 45.9 Å². The van der Waals surface area contributed by atoms with Crippen LogP contribution in [0.25, 0.3) is 0 Å². The van der Waals surface area contributed by atoms with Crippen LogP contribution in [0.2, 0.25) is 0 Å². The number of rotatable bonds is 7. The first-order valence-corrected chi connectivity index (χ1v) is 10.00. The third kappa shape index (κ3) is 5.89. The summed E-state index contributed by atoms with van der Waals surface area (Å²) in [5.41, 5.74) is 2.09. The number of thiophene rings is 1. The highest BCUT2D eigenvalue weighted by atomic mass is 32.2. The van der Waals surface area contributed by atoms with Crippen LogP contribution in [0.5, 0.6) is 0 Å². The average Bonchev–Trinajstić information content (AvgIpc) is 3.15. The molecule has 0 aliphatic carbocycles. The second-order valence-corrected chi connectivity index (χ2v) is 8.14. The molecule has 0 radical (unpaired) electrons. The van der Waals surface area contributed by atoms with E-state index in [0.717, 1.165) is 28.0 Å². The molecule has 6 nitrogen and oxygen atoms in total. The molecule has 0 aliphatic rings. The fourth-order valence-electron chi connectivity index (χ4n) is 2.23. The van der Waals surface area contributed by atoms with Crippen molar-refractivity contribution >= 4 is 35.0 Å². The number of aryl methyl sites for hydroxylation is 1. The summed E-state index contributed by atoms with van der Waals surface area (Å²) < 4.78 is 2.13. The molecule has 0 unspecified atom stereocenters. The molecule has 0 fully saturated rings. The van der Waals surface area contributed by atoms with Crippen molar-refractivity contribution < 1.29 is 9.59 Å². The van der Waals surface area contributed by atoms with Gasteiger partial charge in [0.1, 0.15) is 0 Å². The summed E-state index contributed by atoms with van der Waals surface area (Å²) in [6.07, 6.45) is 0. The zero-order valence-corrected chi connectivity index (χ0v) is 16.6. The van der Waals surface area contributed by atoms with Gasteiger partial charge in [0.15, 0.2) is 5.16 Å². The van der Waals surface area contributed by atoms with Crippen molar-refractivity contribution in [2.24, 2.45) is 5.92 Å². The van der Waals surface area contributed by atoms with Crippen LogP contribution in [-0.2, 0) is 17.9 Å².